The normalized spacial score (nSPS) is 10.7. The molecule has 18 heavy (non-hydrogen) atoms. The summed E-state index contributed by atoms with van der Waals surface area (Å²) >= 11 is 1.82. The number of ether oxygens (including phenoxy) is 1. The second-order valence-corrected chi connectivity index (χ2v) is 5.44. The summed E-state index contributed by atoms with van der Waals surface area (Å²) in [5.41, 5.74) is 1.34. The van der Waals surface area contributed by atoms with E-state index in [2.05, 4.69) is 31.2 Å². The van der Waals surface area contributed by atoms with Crippen molar-refractivity contribution >= 4 is 21.4 Å². The Hall–Kier alpha value is -1.80. The molecule has 0 saturated carbocycles. The lowest BCUT2D eigenvalue weighted by molar-refractivity contribution is 0.310. The molecule has 3 rings (SSSR count). The molecule has 0 fully saturated rings. The summed E-state index contributed by atoms with van der Waals surface area (Å²) in [4.78, 5) is 1.27. The van der Waals surface area contributed by atoms with Crippen LogP contribution in [0.25, 0.3) is 10.1 Å². The average molecular weight is 254 g/mol. The molecule has 0 spiro atoms. The number of para-hydroxylation sites is 1. The minimum atomic E-state index is 0.642. The Labute approximate surface area is 111 Å². The van der Waals surface area contributed by atoms with Crippen LogP contribution in [0.2, 0.25) is 0 Å². The average Bonchev–Trinajstić information content (AvgIpc) is 2.82. The van der Waals surface area contributed by atoms with Crippen molar-refractivity contribution in [1.29, 1.82) is 0 Å². The molecule has 0 aliphatic rings. The third kappa shape index (κ3) is 2.24. The van der Waals surface area contributed by atoms with Crippen molar-refractivity contribution in [3.05, 3.63) is 65.0 Å². The van der Waals surface area contributed by atoms with Crippen LogP contribution in [0.1, 0.15) is 10.4 Å². The van der Waals surface area contributed by atoms with Gasteiger partial charge in [-0.1, -0.05) is 36.4 Å². The Morgan fingerprint density at radius 3 is 2.61 bits per heavy atom. The topological polar surface area (TPSA) is 9.23 Å². The van der Waals surface area contributed by atoms with Gasteiger partial charge < -0.3 is 4.74 Å². The molecule has 0 amide bonds. The first-order valence-corrected chi connectivity index (χ1v) is 6.80. The molecule has 1 aromatic heterocycles. The van der Waals surface area contributed by atoms with Crippen molar-refractivity contribution in [2.45, 2.75) is 13.5 Å². The molecule has 0 saturated heterocycles. The molecule has 1 heterocycles. The molecule has 2 aromatic carbocycles. The van der Waals surface area contributed by atoms with Gasteiger partial charge in [-0.2, -0.15) is 0 Å². The van der Waals surface area contributed by atoms with Crippen LogP contribution in [0.3, 0.4) is 0 Å². The zero-order chi connectivity index (χ0) is 12.4. The van der Waals surface area contributed by atoms with Crippen LogP contribution in [0.4, 0.5) is 0 Å². The Morgan fingerprint density at radius 2 is 1.83 bits per heavy atom. The van der Waals surface area contributed by atoms with E-state index in [0.29, 0.717) is 6.61 Å². The van der Waals surface area contributed by atoms with Crippen LogP contribution in [0.5, 0.6) is 5.75 Å². The summed E-state index contributed by atoms with van der Waals surface area (Å²) in [6, 6.07) is 18.6. The summed E-state index contributed by atoms with van der Waals surface area (Å²) in [6.07, 6.45) is 0. The fourth-order valence-electron chi connectivity index (χ4n) is 2.00. The van der Waals surface area contributed by atoms with E-state index < -0.39 is 0 Å². The van der Waals surface area contributed by atoms with E-state index in [0.717, 1.165) is 5.75 Å². The zero-order valence-corrected chi connectivity index (χ0v) is 11.0. The van der Waals surface area contributed by atoms with E-state index in [9.17, 15) is 0 Å². The van der Waals surface area contributed by atoms with Gasteiger partial charge in [-0.25, -0.2) is 0 Å². The van der Waals surface area contributed by atoms with Crippen LogP contribution in [-0.2, 0) is 6.61 Å². The third-order valence-corrected chi connectivity index (χ3v) is 4.18. The van der Waals surface area contributed by atoms with E-state index in [1.54, 1.807) is 0 Å². The van der Waals surface area contributed by atoms with E-state index in [-0.39, 0.29) is 0 Å². The van der Waals surface area contributed by atoms with E-state index in [1.165, 1.54) is 20.5 Å². The van der Waals surface area contributed by atoms with Crippen molar-refractivity contribution in [1.82, 2.24) is 0 Å². The molecule has 0 aliphatic carbocycles. The Kier molecular flexibility index (Phi) is 3.03. The summed E-state index contributed by atoms with van der Waals surface area (Å²) in [5, 5.41) is 1.31. The largest absolute Gasteiger partial charge is 0.488 e. The molecule has 0 bridgehead atoms. The van der Waals surface area contributed by atoms with Crippen LogP contribution in [-0.4, -0.2) is 0 Å². The number of fused-ring (bicyclic) bond motifs is 1. The third-order valence-electron chi connectivity index (χ3n) is 2.92. The standard InChI is InChI=1S/C16H14OS/c1-12-6-5-7-13-10-15(18-16(12)13)11-17-14-8-3-2-4-9-14/h2-10H,11H2,1H3. The molecule has 0 unspecified atom stereocenters. The molecule has 0 radical (unpaired) electrons. The number of thiophene rings is 1. The lowest BCUT2D eigenvalue weighted by Crippen LogP contribution is -1.91. The lowest BCUT2D eigenvalue weighted by Gasteiger charge is -2.02. The van der Waals surface area contributed by atoms with E-state index >= 15 is 0 Å². The highest BCUT2D eigenvalue weighted by Crippen LogP contribution is 2.29. The molecule has 90 valence electrons. The fraction of sp³-hybridized carbons (Fsp3) is 0.125. The Bertz CT molecular complexity index is 655. The maximum Gasteiger partial charge on any atom is 0.122 e. The predicted octanol–water partition coefficient (Wildman–Crippen LogP) is 4.79. The van der Waals surface area contributed by atoms with Gasteiger partial charge in [0.05, 0.1) is 0 Å². The van der Waals surface area contributed by atoms with Gasteiger partial charge in [0.2, 0.25) is 0 Å². The first kappa shape index (κ1) is 11.3. The van der Waals surface area contributed by atoms with Crippen molar-refractivity contribution in [2.24, 2.45) is 0 Å². The SMILES string of the molecule is Cc1cccc2cc(COc3ccccc3)sc12. The van der Waals surface area contributed by atoms with Crippen LogP contribution in [0.15, 0.2) is 54.6 Å². The van der Waals surface area contributed by atoms with Crippen LogP contribution < -0.4 is 4.74 Å². The maximum atomic E-state index is 5.77. The molecular formula is C16H14OS. The summed E-state index contributed by atoms with van der Waals surface area (Å²) in [6.45, 7) is 2.80. The first-order valence-electron chi connectivity index (χ1n) is 5.99. The maximum absolute atomic E-state index is 5.77. The Balaban J connectivity index is 1.81. The molecular weight excluding hydrogens is 240 g/mol. The molecule has 1 nitrogen and oxygen atoms in total. The predicted molar refractivity (Wildman–Crippen MR) is 77.3 cm³/mol. The molecule has 3 aromatic rings. The minimum Gasteiger partial charge on any atom is -0.488 e. The van der Waals surface area contributed by atoms with Gasteiger partial charge in [0.1, 0.15) is 12.4 Å². The van der Waals surface area contributed by atoms with Crippen LogP contribution >= 0.6 is 11.3 Å². The van der Waals surface area contributed by atoms with Gasteiger partial charge in [0, 0.05) is 9.58 Å². The van der Waals surface area contributed by atoms with Gasteiger partial charge in [-0.15, -0.1) is 11.3 Å². The fourth-order valence-corrected chi connectivity index (χ4v) is 3.04. The van der Waals surface area contributed by atoms with Gasteiger partial charge in [-0.3, -0.25) is 0 Å². The number of benzene rings is 2. The van der Waals surface area contributed by atoms with Crippen molar-refractivity contribution in [3.8, 4) is 5.75 Å². The lowest BCUT2D eigenvalue weighted by atomic mass is 10.2. The molecule has 0 atom stereocenters. The smallest absolute Gasteiger partial charge is 0.122 e. The second kappa shape index (κ2) is 4.83. The van der Waals surface area contributed by atoms with Crippen LogP contribution in [0, 0.1) is 6.92 Å². The van der Waals surface area contributed by atoms with Crippen molar-refractivity contribution in [2.75, 3.05) is 0 Å². The highest BCUT2D eigenvalue weighted by atomic mass is 32.1. The zero-order valence-electron chi connectivity index (χ0n) is 10.2. The first-order chi connectivity index (χ1) is 8.83. The highest BCUT2D eigenvalue weighted by molar-refractivity contribution is 7.19. The highest BCUT2D eigenvalue weighted by Gasteiger charge is 2.04. The van der Waals surface area contributed by atoms with E-state index in [1.807, 2.05) is 41.7 Å². The van der Waals surface area contributed by atoms with Gasteiger partial charge >= 0.3 is 0 Å². The van der Waals surface area contributed by atoms with Gasteiger partial charge in [0.15, 0.2) is 0 Å². The number of hydrogen-bond acceptors (Lipinski definition) is 2. The second-order valence-electron chi connectivity index (χ2n) is 4.31. The quantitative estimate of drug-likeness (QED) is 0.653. The Morgan fingerprint density at radius 1 is 1.00 bits per heavy atom. The summed E-state index contributed by atoms with van der Waals surface area (Å²) in [7, 11) is 0. The molecule has 2 heteroatoms. The number of hydrogen-bond donors (Lipinski definition) is 0. The van der Waals surface area contributed by atoms with Crippen molar-refractivity contribution in [3.63, 3.8) is 0 Å². The summed E-state index contributed by atoms with van der Waals surface area (Å²) < 4.78 is 7.14. The van der Waals surface area contributed by atoms with Gasteiger partial charge in [-0.05, 0) is 36.1 Å². The molecule has 0 N–H and O–H groups in total. The number of rotatable bonds is 3. The van der Waals surface area contributed by atoms with Gasteiger partial charge in [0.25, 0.3) is 0 Å². The monoisotopic (exact) mass is 254 g/mol. The summed E-state index contributed by atoms with van der Waals surface area (Å²) in [5.74, 6) is 0.923. The van der Waals surface area contributed by atoms with Crippen molar-refractivity contribution < 1.29 is 4.74 Å². The van der Waals surface area contributed by atoms with E-state index in [4.69, 9.17) is 4.74 Å². The molecule has 0 aliphatic heterocycles. The minimum absolute atomic E-state index is 0.642. The number of aryl methyl sites for hydroxylation is 1.